The van der Waals surface area contributed by atoms with E-state index in [0.29, 0.717) is 0 Å². The number of hydrogen-bond acceptors (Lipinski definition) is 3. The molecule has 0 unspecified atom stereocenters. The monoisotopic (exact) mass is 294 g/mol. The van der Waals surface area contributed by atoms with Gasteiger partial charge in [0, 0.05) is 38.0 Å². The molecule has 2 heterocycles. The van der Waals surface area contributed by atoms with Crippen LogP contribution in [0, 0.1) is 0 Å². The van der Waals surface area contributed by atoms with E-state index in [2.05, 4.69) is 31.3 Å². The Morgan fingerprint density at radius 2 is 2.29 bits per heavy atom. The number of aryl methyl sites for hydroxylation is 1. The highest BCUT2D eigenvalue weighted by Crippen LogP contribution is 2.30. The van der Waals surface area contributed by atoms with Crippen LogP contribution in [0.5, 0.6) is 0 Å². The van der Waals surface area contributed by atoms with E-state index < -0.39 is 0 Å². The first kappa shape index (κ1) is 12.3. The van der Waals surface area contributed by atoms with Crippen molar-refractivity contribution in [2.45, 2.75) is 6.42 Å². The van der Waals surface area contributed by atoms with Gasteiger partial charge in [-0.05, 0) is 35.1 Å². The highest BCUT2D eigenvalue weighted by molar-refractivity contribution is 9.10. The number of aromatic nitrogens is 3. The third-order valence-electron chi connectivity index (χ3n) is 2.60. The number of halogens is 1. The number of rotatable bonds is 4. The minimum Gasteiger partial charge on any atom is -0.319 e. The summed E-state index contributed by atoms with van der Waals surface area (Å²) >= 11 is 3.63. The van der Waals surface area contributed by atoms with Crippen molar-refractivity contribution >= 4 is 15.9 Å². The predicted octanol–water partition coefficient (Wildman–Crippen LogP) is 2.01. The van der Waals surface area contributed by atoms with E-state index in [9.17, 15) is 0 Å². The number of likely N-dealkylation sites (N-methyl/N-ethyl adjacent to an activating group) is 1. The first-order valence-electron chi connectivity index (χ1n) is 5.50. The van der Waals surface area contributed by atoms with E-state index in [-0.39, 0.29) is 0 Å². The predicted molar refractivity (Wildman–Crippen MR) is 71.8 cm³/mol. The van der Waals surface area contributed by atoms with Crippen molar-refractivity contribution in [3.63, 3.8) is 0 Å². The third-order valence-corrected chi connectivity index (χ3v) is 3.44. The van der Waals surface area contributed by atoms with Gasteiger partial charge in [-0.1, -0.05) is 0 Å². The second-order valence-electron chi connectivity index (χ2n) is 3.83. The molecule has 0 bridgehead atoms. The summed E-state index contributed by atoms with van der Waals surface area (Å²) in [6, 6.07) is 3.97. The fourth-order valence-electron chi connectivity index (χ4n) is 1.77. The van der Waals surface area contributed by atoms with E-state index >= 15 is 0 Å². The fourth-order valence-corrected chi connectivity index (χ4v) is 2.54. The molecule has 0 aromatic carbocycles. The Labute approximate surface area is 109 Å². The van der Waals surface area contributed by atoms with Crippen LogP contribution >= 0.6 is 15.9 Å². The SMILES string of the molecule is CNCCc1nn(C)c(-c2cccnc2)c1Br. The molecule has 0 saturated carbocycles. The summed E-state index contributed by atoms with van der Waals surface area (Å²) in [5.41, 5.74) is 3.22. The molecule has 0 saturated heterocycles. The van der Waals surface area contributed by atoms with Gasteiger partial charge in [0.05, 0.1) is 15.9 Å². The van der Waals surface area contributed by atoms with Gasteiger partial charge in [0.15, 0.2) is 0 Å². The zero-order chi connectivity index (χ0) is 12.3. The standard InChI is InChI=1S/C12H15BrN4/c1-14-7-5-10-11(13)12(17(2)16-10)9-4-3-6-15-8-9/h3-4,6,8,14H,5,7H2,1-2H3. The zero-order valence-corrected chi connectivity index (χ0v) is 11.5. The lowest BCUT2D eigenvalue weighted by Crippen LogP contribution is -2.11. The molecule has 0 atom stereocenters. The molecule has 0 aliphatic rings. The summed E-state index contributed by atoms with van der Waals surface area (Å²) in [7, 11) is 3.90. The highest BCUT2D eigenvalue weighted by Gasteiger charge is 2.14. The number of nitrogens with zero attached hydrogens (tertiary/aromatic N) is 3. The van der Waals surface area contributed by atoms with Crippen LogP contribution in [0.4, 0.5) is 0 Å². The fraction of sp³-hybridized carbons (Fsp3) is 0.333. The summed E-state index contributed by atoms with van der Waals surface area (Å²) in [4.78, 5) is 4.14. The largest absolute Gasteiger partial charge is 0.319 e. The molecule has 0 aliphatic carbocycles. The molecule has 2 aromatic heterocycles. The second-order valence-corrected chi connectivity index (χ2v) is 4.62. The number of pyridine rings is 1. The summed E-state index contributed by atoms with van der Waals surface area (Å²) in [6.07, 6.45) is 4.53. The van der Waals surface area contributed by atoms with Crippen LogP contribution in [0.2, 0.25) is 0 Å². The van der Waals surface area contributed by atoms with Gasteiger partial charge >= 0.3 is 0 Å². The maximum Gasteiger partial charge on any atom is 0.0839 e. The first-order valence-corrected chi connectivity index (χ1v) is 6.29. The van der Waals surface area contributed by atoms with Crippen LogP contribution in [0.25, 0.3) is 11.3 Å². The summed E-state index contributed by atoms with van der Waals surface area (Å²) in [5.74, 6) is 0. The lowest BCUT2D eigenvalue weighted by Gasteiger charge is -2.01. The maximum absolute atomic E-state index is 4.53. The Morgan fingerprint density at radius 3 is 2.94 bits per heavy atom. The molecule has 17 heavy (non-hydrogen) atoms. The molecule has 0 amide bonds. The molecule has 0 aliphatic heterocycles. The quantitative estimate of drug-likeness (QED) is 0.938. The van der Waals surface area contributed by atoms with Gasteiger partial charge in [-0.25, -0.2) is 0 Å². The molecule has 0 radical (unpaired) electrons. The molecule has 5 heteroatoms. The molecule has 2 rings (SSSR count). The lowest BCUT2D eigenvalue weighted by molar-refractivity contribution is 0.720. The Bertz CT molecular complexity index is 493. The third kappa shape index (κ3) is 2.56. The Morgan fingerprint density at radius 1 is 1.47 bits per heavy atom. The Hall–Kier alpha value is -1.20. The molecular weight excluding hydrogens is 280 g/mol. The lowest BCUT2D eigenvalue weighted by atomic mass is 10.2. The normalized spacial score (nSPS) is 10.8. The van der Waals surface area contributed by atoms with Crippen LogP contribution in [-0.4, -0.2) is 28.4 Å². The summed E-state index contributed by atoms with van der Waals surface area (Å²) in [5, 5.41) is 7.66. The van der Waals surface area contributed by atoms with E-state index in [0.717, 1.165) is 34.4 Å². The average Bonchev–Trinajstić information content (AvgIpc) is 2.63. The van der Waals surface area contributed by atoms with Crippen LogP contribution in [0.1, 0.15) is 5.69 Å². The van der Waals surface area contributed by atoms with Crippen molar-refractivity contribution in [2.24, 2.45) is 7.05 Å². The van der Waals surface area contributed by atoms with E-state index in [4.69, 9.17) is 0 Å². The summed E-state index contributed by atoms with van der Waals surface area (Å²) in [6.45, 7) is 0.919. The van der Waals surface area contributed by atoms with E-state index in [1.54, 1.807) is 6.20 Å². The molecule has 90 valence electrons. The molecule has 4 nitrogen and oxygen atoms in total. The van der Waals surface area contributed by atoms with Gasteiger partial charge < -0.3 is 5.32 Å². The van der Waals surface area contributed by atoms with E-state index in [1.807, 2.05) is 37.1 Å². The molecule has 0 fully saturated rings. The molecule has 2 aromatic rings. The smallest absolute Gasteiger partial charge is 0.0839 e. The van der Waals surface area contributed by atoms with Crippen molar-refractivity contribution in [2.75, 3.05) is 13.6 Å². The Balaban J connectivity index is 2.38. The van der Waals surface area contributed by atoms with Crippen LogP contribution in [0.15, 0.2) is 29.0 Å². The molecule has 0 spiro atoms. The summed E-state index contributed by atoms with van der Waals surface area (Å²) < 4.78 is 2.95. The van der Waals surface area contributed by atoms with Crippen LogP contribution in [-0.2, 0) is 13.5 Å². The number of hydrogen-bond donors (Lipinski definition) is 1. The van der Waals surface area contributed by atoms with Crippen molar-refractivity contribution in [3.8, 4) is 11.3 Å². The van der Waals surface area contributed by atoms with Gasteiger partial charge in [-0.15, -0.1) is 0 Å². The van der Waals surface area contributed by atoms with Crippen molar-refractivity contribution in [1.82, 2.24) is 20.1 Å². The maximum atomic E-state index is 4.53. The van der Waals surface area contributed by atoms with Crippen LogP contribution < -0.4 is 5.32 Å². The van der Waals surface area contributed by atoms with Crippen molar-refractivity contribution in [3.05, 3.63) is 34.7 Å². The number of nitrogens with one attached hydrogen (secondary N) is 1. The average molecular weight is 295 g/mol. The topological polar surface area (TPSA) is 42.7 Å². The van der Waals surface area contributed by atoms with Crippen molar-refractivity contribution in [1.29, 1.82) is 0 Å². The van der Waals surface area contributed by atoms with Gasteiger partial charge in [0.25, 0.3) is 0 Å². The molecular formula is C12H15BrN4. The van der Waals surface area contributed by atoms with Gasteiger partial charge in [0.2, 0.25) is 0 Å². The highest BCUT2D eigenvalue weighted by atomic mass is 79.9. The Kier molecular flexibility index (Phi) is 3.91. The van der Waals surface area contributed by atoms with E-state index in [1.165, 1.54) is 0 Å². The zero-order valence-electron chi connectivity index (χ0n) is 9.94. The molecule has 1 N–H and O–H groups in total. The second kappa shape index (κ2) is 5.42. The van der Waals surface area contributed by atoms with Gasteiger partial charge in [-0.3, -0.25) is 9.67 Å². The van der Waals surface area contributed by atoms with Crippen LogP contribution in [0.3, 0.4) is 0 Å². The van der Waals surface area contributed by atoms with Crippen molar-refractivity contribution < 1.29 is 0 Å². The minimum absolute atomic E-state index is 0.908. The minimum atomic E-state index is 0.908. The van der Waals surface area contributed by atoms with Gasteiger partial charge in [-0.2, -0.15) is 5.10 Å². The van der Waals surface area contributed by atoms with Gasteiger partial charge in [0.1, 0.15) is 0 Å². The first-order chi connectivity index (χ1) is 8.24.